The summed E-state index contributed by atoms with van der Waals surface area (Å²) >= 11 is 0. The van der Waals surface area contributed by atoms with Crippen LogP contribution >= 0.6 is 0 Å². The van der Waals surface area contributed by atoms with Gasteiger partial charge in [-0.05, 0) is 38.1 Å². The normalized spacial score (nSPS) is 29.3. The summed E-state index contributed by atoms with van der Waals surface area (Å²) in [6.07, 6.45) is -1.66. The molecule has 5 rings (SSSR count). The van der Waals surface area contributed by atoms with Crippen LogP contribution < -0.4 is 5.73 Å². The molecule has 3 aliphatic carbocycles. The van der Waals surface area contributed by atoms with Gasteiger partial charge in [-0.2, -0.15) is 0 Å². The minimum absolute atomic E-state index is 0.146. The number of benzene rings is 2. The van der Waals surface area contributed by atoms with Crippen molar-refractivity contribution in [2.75, 3.05) is 14.1 Å². The number of amides is 1. The molecule has 11 heteroatoms. The van der Waals surface area contributed by atoms with Crippen molar-refractivity contribution in [1.29, 1.82) is 0 Å². The van der Waals surface area contributed by atoms with E-state index in [0.29, 0.717) is 16.7 Å². The van der Waals surface area contributed by atoms with Gasteiger partial charge in [0.15, 0.2) is 17.2 Å². The molecule has 6 atom stereocenters. The monoisotopic (exact) mass is 562 g/mol. The Morgan fingerprint density at radius 2 is 1.61 bits per heavy atom. The van der Waals surface area contributed by atoms with E-state index in [-0.39, 0.29) is 16.9 Å². The molecule has 0 aromatic heterocycles. The number of aliphatic hydroxyl groups is 4. The average Bonchev–Trinajstić information content (AvgIpc) is 2.90. The number of phenols is 1. The molecule has 0 radical (unpaired) electrons. The van der Waals surface area contributed by atoms with Gasteiger partial charge in [0.1, 0.15) is 22.8 Å². The van der Waals surface area contributed by atoms with Crippen LogP contribution in [0.5, 0.6) is 5.75 Å². The van der Waals surface area contributed by atoms with Gasteiger partial charge in [0, 0.05) is 22.6 Å². The fourth-order valence-corrected chi connectivity index (χ4v) is 6.74. The highest BCUT2D eigenvalue weighted by Gasteiger charge is 2.67. The number of hydrogen-bond acceptors (Lipinski definition) is 10. The number of nitrogens with two attached hydrogens (primary N) is 1. The lowest BCUT2D eigenvalue weighted by Crippen LogP contribution is -2.68. The minimum atomic E-state index is -2.97. The van der Waals surface area contributed by atoms with Crippen LogP contribution in [0.1, 0.15) is 46.0 Å². The second kappa shape index (κ2) is 9.37. The molecule has 0 fully saturated rings. The van der Waals surface area contributed by atoms with E-state index in [2.05, 4.69) is 0 Å². The number of carbonyl (C=O) groups is 4. The lowest BCUT2D eigenvalue weighted by molar-refractivity contribution is -0.162. The van der Waals surface area contributed by atoms with Gasteiger partial charge in [0.25, 0.3) is 5.91 Å². The third-order valence-electron chi connectivity index (χ3n) is 8.73. The number of Topliss-reactive ketones (excluding diaryl/α,β-unsaturated/α-hetero) is 3. The van der Waals surface area contributed by atoms with Crippen molar-refractivity contribution in [3.8, 4) is 16.9 Å². The number of rotatable bonds is 4. The number of hydrogen-bond donors (Lipinski definition) is 6. The van der Waals surface area contributed by atoms with Gasteiger partial charge in [0.05, 0.1) is 23.6 Å². The second-order valence-electron chi connectivity index (χ2n) is 11.1. The summed E-state index contributed by atoms with van der Waals surface area (Å²) in [6.45, 7) is 3.08. The zero-order valence-electron chi connectivity index (χ0n) is 22.7. The number of aromatic hydroxyl groups is 1. The third-order valence-corrected chi connectivity index (χ3v) is 8.73. The second-order valence-corrected chi connectivity index (χ2v) is 11.1. The van der Waals surface area contributed by atoms with E-state index in [1.807, 2.05) is 0 Å². The van der Waals surface area contributed by atoms with Crippen LogP contribution in [0.25, 0.3) is 11.1 Å². The summed E-state index contributed by atoms with van der Waals surface area (Å²) in [6, 6.07) is 8.27. The van der Waals surface area contributed by atoms with E-state index in [4.69, 9.17) is 5.73 Å². The number of fused-ring (bicyclic) bond motifs is 3. The average molecular weight is 563 g/mol. The predicted octanol–water partition coefficient (Wildman–Crippen LogP) is 1.52. The number of carbonyl (C=O) groups excluding carboxylic acids is 4. The van der Waals surface area contributed by atoms with Crippen LogP contribution in [0.15, 0.2) is 59.1 Å². The molecular formula is C30H30N2O9. The number of aliphatic hydroxyl groups excluding tert-OH is 3. The van der Waals surface area contributed by atoms with Crippen LogP contribution in [-0.4, -0.2) is 85.5 Å². The molecule has 3 aliphatic rings. The molecule has 0 aliphatic heterocycles. The van der Waals surface area contributed by atoms with E-state index in [1.165, 1.54) is 25.9 Å². The number of nitrogens with zero attached hydrogens (tertiary/aromatic N) is 1. The summed E-state index contributed by atoms with van der Waals surface area (Å²) in [7, 11) is 2.96. The first kappa shape index (κ1) is 28.2. The number of ketones is 3. The predicted molar refractivity (Wildman–Crippen MR) is 145 cm³/mol. The van der Waals surface area contributed by atoms with Crippen molar-refractivity contribution in [1.82, 2.24) is 4.90 Å². The molecule has 0 heterocycles. The fraction of sp³-hybridized carbons (Fsp3) is 0.333. The Kier molecular flexibility index (Phi) is 6.45. The Balaban J connectivity index is 1.73. The summed E-state index contributed by atoms with van der Waals surface area (Å²) in [5.41, 5.74) is 2.35. The summed E-state index contributed by atoms with van der Waals surface area (Å²) in [4.78, 5) is 52.7. The highest BCUT2D eigenvalue weighted by molar-refractivity contribution is 6.25. The van der Waals surface area contributed by atoms with Gasteiger partial charge in [0.2, 0.25) is 5.78 Å². The maximum absolute atomic E-state index is 14.0. The molecule has 0 saturated carbocycles. The standard InChI is InChI=1S/C30H30N2O9/c1-11-15-9-10-16(14-7-5-13(6-8-14)12(2)33)23(34)18(15)24(35)19-17(11)25(36)21-22(32(3)4)26(37)20(29(31)40)28(39)30(21,41)27(19)38/h5-11,17,21-22,25,34,36-38,41H,1-4H3,(H2,31,40)/t11-,17+,21+,22-,25-,30-/m1/s1. The number of phenolic OH excluding ortho intramolecular Hbond substituents is 1. The van der Waals surface area contributed by atoms with Crippen molar-refractivity contribution in [3.05, 3.63) is 75.8 Å². The first-order valence-electron chi connectivity index (χ1n) is 13.0. The van der Waals surface area contributed by atoms with Gasteiger partial charge < -0.3 is 31.3 Å². The molecule has 0 bridgehead atoms. The molecule has 0 unspecified atom stereocenters. The van der Waals surface area contributed by atoms with Crippen LogP contribution in [-0.2, 0) is 9.59 Å². The molecule has 0 spiro atoms. The molecule has 2 aromatic carbocycles. The minimum Gasteiger partial charge on any atom is -0.510 e. The zero-order valence-corrected chi connectivity index (χ0v) is 22.7. The quantitative estimate of drug-likeness (QED) is 0.235. The van der Waals surface area contributed by atoms with Gasteiger partial charge in [-0.1, -0.05) is 43.3 Å². The topological polar surface area (TPSA) is 199 Å². The Morgan fingerprint density at radius 1 is 1.00 bits per heavy atom. The van der Waals surface area contributed by atoms with Gasteiger partial charge in [-0.15, -0.1) is 0 Å². The smallest absolute Gasteiger partial charge is 0.255 e. The molecule has 7 N–H and O–H groups in total. The zero-order chi connectivity index (χ0) is 30.3. The van der Waals surface area contributed by atoms with Crippen LogP contribution in [0.4, 0.5) is 0 Å². The molecule has 11 nitrogen and oxygen atoms in total. The molecule has 41 heavy (non-hydrogen) atoms. The fourth-order valence-electron chi connectivity index (χ4n) is 6.74. The van der Waals surface area contributed by atoms with Crippen LogP contribution in [0.2, 0.25) is 0 Å². The highest BCUT2D eigenvalue weighted by Crippen LogP contribution is 2.56. The molecule has 0 saturated heterocycles. The lowest BCUT2D eigenvalue weighted by Gasteiger charge is -2.53. The largest absolute Gasteiger partial charge is 0.510 e. The summed E-state index contributed by atoms with van der Waals surface area (Å²) in [5.74, 6) is -9.54. The third kappa shape index (κ3) is 3.69. The SMILES string of the molecule is CC(=O)c1ccc(-c2ccc3c(c2O)C(=O)C2=C(O)[C@@]4(O)C(=O)C(C(N)=O)=C(O)[C@H](N(C)C)[C@H]4[C@H](O)[C@H]2[C@@H]3C)cc1. The van der Waals surface area contributed by atoms with E-state index in [1.54, 1.807) is 43.3 Å². The van der Waals surface area contributed by atoms with Crippen molar-refractivity contribution in [2.24, 2.45) is 17.6 Å². The first-order chi connectivity index (χ1) is 19.2. The van der Waals surface area contributed by atoms with Crippen molar-refractivity contribution in [2.45, 2.75) is 37.5 Å². The first-order valence-corrected chi connectivity index (χ1v) is 13.0. The van der Waals surface area contributed by atoms with Crippen LogP contribution in [0, 0.1) is 11.8 Å². The highest BCUT2D eigenvalue weighted by atomic mass is 16.4. The van der Waals surface area contributed by atoms with E-state index in [0.717, 1.165) is 0 Å². The lowest BCUT2D eigenvalue weighted by atomic mass is 9.55. The van der Waals surface area contributed by atoms with Gasteiger partial charge >= 0.3 is 0 Å². The van der Waals surface area contributed by atoms with Crippen LogP contribution in [0.3, 0.4) is 0 Å². The molecule has 214 valence electrons. The molecule has 2 aromatic rings. The Morgan fingerprint density at radius 3 is 2.15 bits per heavy atom. The maximum atomic E-state index is 14.0. The van der Waals surface area contributed by atoms with Crippen molar-refractivity contribution in [3.63, 3.8) is 0 Å². The van der Waals surface area contributed by atoms with E-state index >= 15 is 0 Å². The van der Waals surface area contributed by atoms with Gasteiger partial charge in [-0.3, -0.25) is 24.1 Å². The van der Waals surface area contributed by atoms with Crippen molar-refractivity contribution < 1.29 is 44.7 Å². The number of primary amides is 1. The Labute approximate surface area is 234 Å². The summed E-state index contributed by atoms with van der Waals surface area (Å²) < 4.78 is 0. The molecular weight excluding hydrogens is 532 g/mol. The molecule has 1 amide bonds. The number of likely N-dealkylation sites (N-methyl/N-ethyl adjacent to an activating group) is 1. The maximum Gasteiger partial charge on any atom is 0.255 e. The van der Waals surface area contributed by atoms with Crippen molar-refractivity contribution >= 4 is 23.3 Å². The Bertz CT molecular complexity index is 1600. The van der Waals surface area contributed by atoms with Gasteiger partial charge in [-0.25, -0.2) is 0 Å². The van der Waals surface area contributed by atoms with E-state index < -0.39 is 81.4 Å². The Hall–Kier alpha value is -4.32. The summed E-state index contributed by atoms with van der Waals surface area (Å²) in [5, 5.41) is 57.1. The van der Waals surface area contributed by atoms with E-state index in [9.17, 15) is 44.7 Å².